The summed E-state index contributed by atoms with van der Waals surface area (Å²) in [4.78, 5) is 16.6. The smallest absolute Gasteiger partial charge is 0.251 e. The number of ether oxygens (including phenoxy) is 1. The molecule has 1 aliphatic heterocycles. The lowest BCUT2D eigenvalue weighted by Gasteiger charge is -2.27. The van der Waals surface area contributed by atoms with Crippen LogP contribution >= 0.6 is 0 Å². The number of nitrogens with zero attached hydrogens (tertiary/aromatic N) is 2. The molecule has 9 nitrogen and oxygen atoms in total. The molecule has 2 atom stereocenters. The van der Waals surface area contributed by atoms with E-state index in [2.05, 4.69) is 19.4 Å². The molecule has 154 valence electrons. The molecule has 0 aliphatic carbocycles. The minimum Gasteiger partial charge on any atom is -0.490 e. The van der Waals surface area contributed by atoms with Crippen molar-refractivity contribution in [1.29, 1.82) is 0 Å². The second-order valence-electron chi connectivity index (χ2n) is 6.97. The molecule has 2 unspecified atom stereocenters. The van der Waals surface area contributed by atoms with E-state index in [1.54, 1.807) is 24.3 Å². The zero-order valence-corrected chi connectivity index (χ0v) is 17.7. The summed E-state index contributed by atoms with van der Waals surface area (Å²) in [5, 5.41) is 3.23. The lowest BCUT2D eigenvalue weighted by Crippen LogP contribution is -2.48. The van der Waals surface area contributed by atoms with E-state index in [1.807, 2.05) is 13.8 Å². The molecule has 29 heavy (non-hydrogen) atoms. The number of fused-ring (bicyclic) bond motifs is 1. The van der Waals surface area contributed by atoms with E-state index in [1.165, 1.54) is 18.5 Å². The van der Waals surface area contributed by atoms with Crippen LogP contribution in [-0.2, 0) is 22.0 Å². The van der Waals surface area contributed by atoms with Gasteiger partial charge in [0.2, 0.25) is 11.2 Å². The predicted molar refractivity (Wildman–Crippen MR) is 113 cm³/mol. The summed E-state index contributed by atoms with van der Waals surface area (Å²) in [6.07, 6.45) is 2.95. The number of pyridine rings is 1. The van der Waals surface area contributed by atoms with Crippen molar-refractivity contribution in [2.24, 2.45) is 10.1 Å². The van der Waals surface area contributed by atoms with Gasteiger partial charge in [-0.05, 0) is 38.1 Å². The summed E-state index contributed by atoms with van der Waals surface area (Å²) in [6, 6.07) is 8.25. The largest absolute Gasteiger partial charge is 0.490 e. The van der Waals surface area contributed by atoms with Gasteiger partial charge in [-0.1, -0.05) is 6.07 Å². The van der Waals surface area contributed by atoms with E-state index in [9.17, 15) is 13.2 Å². The molecule has 1 aromatic carbocycles. The second kappa shape index (κ2) is 8.29. The second-order valence-corrected chi connectivity index (χ2v) is 9.18. The molecule has 4 N–H and O–H groups in total. The van der Waals surface area contributed by atoms with E-state index in [0.717, 1.165) is 0 Å². The first-order valence-electron chi connectivity index (χ1n) is 8.57. The number of nitrogens with one attached hydrogen (secondary N) is 2. The van der Waals surface area contributed by atoms with Crippen LogP contribution in [0.2, 0.25) is 0 Å². The van der Waals surface area contributed by atoms with Gasteiger partial charge in [-0.2, -0.15) is 4.40 Å². The van der Waals surface area contributed by atoms with Gasteiger partial charge >= 0.3 is 0 Å². The summed E-state index contributed by atoms with van der Waals surface area (Å²) in [7, 11) is -1.28. The highest BCUT2D eigenvalue weighted by Gasteiger charge is 2.25. The molecule has 1 aromatic heterocycles. The lowest BCUT2D eigenvalue weighted by atomic mass is 10.1. The highest BCUT2D eigenvalue weighted by Crippen LogP contribution is 2.30. The molecule has 0 spiro atoms. The molecule has 0 bridgehead atoms. The topological polar surface area (TPSA) is 136 Å². The number of hydrogen-bond donors (Lipinski definition) is 3. The Morgan fingerprint density at radius 1 is 1.38 bits per heavy atom. The first kappa shape index (κ1) is 20.9. The first-order valence-corrected chi connectivity index (χ1v) is 11.2. The Bertz CT molecular complexity index is 1040. The van der Waals surface area contributed by atoms with Crippen molar-refractivity contribution in [3.63, 3.8) is 0 Å². The molecule has 1 aliphatic rings. The first-order chi connectivity index (χ1) is 13.7. The fourth-order valence-electron chi connectivity index (χ4n) is 2.63. The Kier molecular flexibility index (Phi) is 5.99. The number of anilines is 1. The van der Waals surface area contributed by atoms with Crippen LogP contribution in [-0.4, -0.2) is 43.5 Å². The average molecular weight is 436 g/mol. The van der Waals surface area contributed by atoms with Crippen molar-refractivity contribution in [1.82, 2.24) is 10.3 Å². The summed E-state index contributed by atoms with van der Waals surface area (Å²) in [5.41, 5.74) is 6.63. The number of hydrogen-bond acceptors (Lipinski definition) is 6. The Hall–Kier alpha value is -2.79. The Morgan fingerprint density at radius 3 is 2.86 bits per heavy atom. The molecule has 2 aromatic rings. The molecular weight excluding hydrogens is 414 g/mol. The molecular formula is C18H21N5O4S2. The lowest BCUT2D eigenvalue weighted by molar-refractivity contribution is 0.0880. The average Bonchev–Trinajstić information content (AvgIpc) is 2.65. The van der Waals surface area contributed by atoms with Crippen molar-refractivity contribution < 1.29 is 17.9 Å². The Morgan fingerprint density at radius 2 is 2.14 bits per heavy atom. The third kappa shape index (κ3) is 4.98. The van der Waals surface area contributed by atoms with Gasteiger partial charge in [-0.3, -0.25) is 13.7 Å². The van der Waals surface area contributed by atoms with Gasteiger partial charge in [0.15, 0.2) is 0 Å². The zero-order valence-electron chi connectivity index (χ0n) is 16.1. The highest BCUT2D eigenvalue weighted by molar-refractivity contribution is 7.85. The number of benzene rings is 1. The third-order valence-electron chi connectivity index (χ3n) is 3.99. The normalized spacial score (nSPS) is 16.8. The minimum atomic E-state index is -1.62. The monoisotopic (exact) mass is 435 g/mol. The summed E-state index contributed by atoms with van der Waals surface area (Å²) < 4.78 is 35.6. The number of rotatable bonds is 6. The maximum Gasteiger partial charge on any atom is 0.251 e. The van der Waals surface area contributed by atoms with E-state index in [0.29, 0.717) is 27.6 Å². The summed E-state index contributed by atoms with van der Waals surface area (Å²) in [5.74, 6) is 0.246. The SMILES string of the molecule is CS(=O)c1cc(C(=O)NC(C)(C)COc2cccc3c2C(N)=NS(=O)N3)ccn1. The van der Waals surface area contributed by atoms with Crippen LogP contribution in [0.15, 0.2) is 46.0 Å². The number of carbonyl (C=O) groups is 1. The minimum absolute atomic E-state index is 0.117. The van der Waals surface area contributed by atoms with Gasteiger partial charge in [0.1, 0.15) is 23.2 Å². The van der Waals surface area contributed by atoms with Crippen LogP contribution in [0.4, 0.5) is 5.69 Å². The van der Waals surface area contributed by atoms with Gasteiger partial charge in [0.05, 0.1) is 27.6 Å². The van der Waals surface area contributed by atoms with Gasteiger partial charge < -0.3 is 15.8 Å². The standard InChI is InChI=1S/C18H21N5O4S2/c1-18(2,21-17(24)11-7-8-20-14(9-11)28(3)25)10-27-13-6-4-5-12-15(13)16(19)23-29(26)22-12/h4-9,22H,10H2,1-3H3,(H2,19,23)(H,21,24). The van der Waals surface area contributed by atoms with Crippen molar-refractivity contribution in [3.8, 4) is 5.75 Å². The van der Waals surface area contributed by atoms with Gasteiger partial charge in [0.25, 0.3) is 5.91 Å². The van der Waals surface area contributed by atoms with Crippen molar-refractivity contribution in [2.45, 2.75) is 24.4 Å². The predicted octanol–water partition coefficient (Wildman–Crippen LogP) is 1.12. The molecule has 0 fully saturated rings. The van der Waals surface area contributed by atoms with Crippen molar-refractivity contribution in [3.05, 3.63) is 47.7 Å². The van der Waals surface area contributed by atoms with Crippen LogP contribution < -0.4 is 20.5 Å². The van der Waals surface area contributed by atoms with E-state index >= 15 is 0 Å². The van der Waals surface area contributed by atoms with Crippen LogP contribution in [0.5, 0.6) is 5.75 Å². The number of amides is 1. The molecule has 2 heterocycles. The molecule has 0 saturated heterocycles. The summed E-state index contributed by atoms with van der Waals surface area (Å²) >= 11 is -1.62. The molecule has 0 saturated carbocycles. The van der Waals surface area contributed by atoms with Crippen LogP contribution in [0, 0.1) is 0 Å². The van der Waals surface area contributed by atoms with Crippen LogP contribution in [0.1, 0.15) is 29.8 Å². The number of aromatic nitrogens is 1. The summed E-state index contributed by atoms with van der Waals surface area (Å²) in [6.45, 7) is 3.76. The zero-order chi connectivity index (χ0) is 21.2. The fourth-order valence-corrected chi connectivity index (χ4v) is 3.81. The van der Waals surface area contributed by atoms with Crippen molar-refractivity contribution >= 4 is 39.4 Å². The van der Waals surface area contributed by atoms with Gasteiger partial charge in [-0.15, -0.1) is 0 Å². The maximum atomic E-state index is 12.6. The van der Waals surface area contributed by atoms with Crippen LogP contribution in [0.3, 0.4) is 0 Å². The third-order valence-corrected chi connectivity index (χ3v) is 5.56. The Balaban J connectivity index is 1.72. The maximum absolute atomic E-state index is 12.6. The fraction of sp³-hybridized carbons (Fsp3) is 0.278. The van der Waals surface area contributed by atoms with Crippen LogP contribution in [0.25, 0.3) is 0 Å². The van der Waals surface area contributed by atoms with Crippen molar-refractivity contribution in [2.75, 3.05) is 17.6 Å². The molecule has 1 amide bonds. The van der Waals surface area contributed by atoms with E-state index < -0.39 is 27.5 Å². The highest BCUT2D eigenvalue weighted by atomic mass is 32.2. The molecule has 0 radical (unpaired) electrons. The van der Waals surface area contributed by atoms with Gasteiger partial charge in [0, 0.05) is 18.0 Å². The number of carbonyl (C=O) groups excluding carboxylic acids is 1. The molecule has 11 heteroatoms. The van der Waals surface area contributed by atoms with E-state index in [4.69, 9.17) is 10.5 Å². The Labute approximate surface area is 173 Å². The van der Waals surface area contributed by atoms with E-state index in [-0.39, 0.29) is 18.3 Å². The van der Waals surface area contributed by atoms with Gasteiger partial charge in [-0.25, -0.2) is 9.19 Å². The number of amidine groups is 1. The molecule has 3 rings (SSSR count). The quantitative estimate of drug-likeness (QED) is 0.622. The number of nitrogens with two attached hydrogens (primary N) is 1.